The van der Waals surface area contributed by atoms with Gasteiger partial charge in [0.25, 0.3) is 0 Å². The lowest BCUT2D eigenvalue weighted by molar-refractivity contribution is 0.0232. The molecule has 7 nitrogen and oxygen atoms in total. The largest absolute Gasteiger partial charge is 0.444 e. The van der Waals surface area contributed by atoms with Crippen LogP contribution in [0.3, 0.4) is 0 Å². The molecule has 0 aliphatic rings. The van der Waals surface area contributed by atoms with Crippen molar-refractivity contribution in [2.45, 2.75) is 39.3 Å². The number of guanidine groups is 1. The Morgan fingerprint density at radius 2 is 2.28 bits per heavy atom. The minimum atomic E-state index is -0.540. The number of nitrogens with one attached hydrogen (secondary N) is 1. The van der Waals surface area contributed by atoms with Crippen molar-refractivity contribution >= 4 is 12.1 Å². The first kappa shape index (κ1) is 20.5. The summed E-state index contributed by atoms with van der Waals surface area (Å²) >= 11 is 0. The van der Waals surface area contributed by atoms with Crippen LogP contribution in [0, 0.1) is 0 Å². The molecule has 0 saturated carbocycles. The van der Waals surface area contributed by atoms with E-state index >= 15 is 0 Å². The van der Waals surface area contributed by atoms with Crippen LogP contribution in [0.15, 0.2) is 42.2 Å². The first-order chi connectivity index (χ1) is 11.8. The van der Waals surface area contributed by atoms with Crippen LogP contribution in [-0.4, -0.2) is 47.2 Å². The van der Waals surface area contributed by atoms with Crippen molar-refractivity contribution in [2.24, 2.45) is 10.7 Å². The van der Waals surface area contributed by atoms with Crippen molar-refractivity contribution in [3.8, 4) is 0 Å². The summed E-state index contributed by atoms with van der Waals surface area (Å²) in [6.07, 6.45) is 5.48. The highest BCUT2D eigenvalue weighted by Gasteiger charge is 2.22. The van der Waals surface area contributed by atoms with E-state index in [0.717, 1.165) is 5.56 Å². The van der Waals surface area contributed by atoms with Crippen LogP contribution in [-0.2, 0) is 11.3 Å². The van der Waals surface area contributed by atoms with Gasteiger partial charge in [-0.15, -0.1) is 6.58 Å². The maximum Gasteiger partial charge on any atom is 0.410 e. The molecule has 0 atom stereocenters. The van der Waals surface area contributed by atoms with Crippen LogP contribution in [0.5, 0.6) is 0 Å². The molecule has 0 bridgehead atoms. The lowest BCUT2D eigenvalue weighted by Gasteiger charge is -2.27. The number of aromatic nitrogens is 1. The molecule has 7 heteroatoms. The zero-order chi connectivity index (χ0) is 18.7. The fraction of sp³-hybridized carbons (Fsp3) is 0.500. The van der Waals surface area contributed by atoms with Gasteiger partial charge in [-0.3, -0.25) is 9.98 Å². The van der Waals surface area contributed by atoms with Crippen LogP contribution in [0.4, 0.5) is 4.79 Å². The number of amides is 1. The quantitative estimate of drug-likeness (QED) is 0.326. The average Bonchev–Trinajstić information content (AvgIpc) is 2.55. The standard InChI is InChI=1S/C18H29N5O2/c1-5-9-21-16(19)22-11-7-12-23(17(24)25-18(2,3)4)14-15-8-6-10-20-13-15/h5-6,8,10,13H,1,7,9,11-12,14H2,2-4H3,(H3,19,21,22). The monoisotopic (exact) mass is 347 g/mol. The van der Waals surface area contributed by atoms with Crippen molar-refractivity contribution < 1.29 is 9.53 Å². The Morgan fingerprint density at radius 1 is 1.52 bits per heavy atom. The normalized spacial score (nSPS) is 11.7. The van der Waals surface area contributed by atoms with E-state index in [1.54, 1.807) is 23.4 Å². The molecule has 1 aromatic heterocycles. The Balaban J connectivity index is 2.61. The number of aliphatic imine (C=N–C) groups is 1. The molecule has 1 aromatic rings. The van der Waals surface area contributed by atoms with Crippen molar-refractivity contribution in [1.82, 2.24) is 15.2 Å². The molecule has 3 N–H and O–H groups in total. The number of carbonyl (C=O) groups is 1. The molecule has 0 aliphatic heterocycles. The maximum absolute atomic E-state index is 12.4. The van der Waals surface area contributed by atoms with E-state index in [0.29, 0.717) is 38.6 Å². The highest BCUT2D eigenvalue weighted by molar-refractivity contribution is 5.77. The van der Waals surface area contributed by atoms with Crippen molar-refractivity contribution in [3.63, 3.8) is 0 Å². The molecule has 0 fully saturated rings. The third-order valence-corrected chi connectivity index (χ3v) is 3.04. The zero-order valence-electron chi connectivity index (χ0n) is 15.4. The van der Waals surface area contributed by atoms with Gasteiger partial charge in [0, 0.05) is 32.0 Å². The second kappa shape index (κ2) is 10.3. The lowest BCUT2D eigenvalue weighted by atomic mass is 10.2. The number of nitrogens with two attached hydrogens (primary N) is 1. The van der Waals surface area contributed by atoms with Crippen LogP contribution in [0.1, 0.15) is 32.8 Å². The van der Waals surface area contributed by atoms with Gasteiger partial charge in [-0.2, -0.15) is 0 Å². The Hall–Kier alpha value is -2.57. The predicted octanol–water partition coefficient (Wildman–Crippen LogP) is 2.30. The second-order valence-corrected chi connectivity index (χ2v) is 6.55. The van der Waals surface area contributed by atoms with Gasteiger partial charge in [-0.05, 0) is 38.8 Å². The summed E-state index contributed by atoms with van der Waals surface area (Å²) in [4.78, 5) is 22.4. The van der Waals surface area contributed by atoms with E-state index in [1.807, 2.05) is 32.9 Å². The van der Waals surface area contributed by atoms with Gasteiger partial charge in [-0.1, -0.05) is 12.1 Å². The van der Waals surface area contributed by atoms with Gasteiger partial charge in [0.05, 0.1) is 6.54 Å². The molecule has 0 unspecified atom stereocenters. The third kappa shape index (κ3) is 9.34. The van der Waals surface area contributed by atoms with Crippen molar-refractivity contribution in [2.75, 3.05) is 19.6 Å². The number of carbonyl (C=O) groups excluding carboxylic acids is 1. The number of hydrogen-bond acceptors (Lipinski definition) is 4. The summed E-state index contributed by atoms with van der Waals surface area (Å²) in [6, 6.07) is 3.78. The minimum Gasteiger partial charge on any atom is -0.444 e. The molecule has 138 valence electrons. The summed E-state index contributed by atoms with van der Waals surface area (Å²) < 4.78 is 5.49. The first-order valence-corrected chi connectivity index (χ1v) is 8.33. The van der Waals surface area contributed by atoms with Crippen LogP contribution in [0.2, 0.25) is 0 Å². The smallest absolute Gasteiger partial charge is 0.410 e. The Morgan fingerprint density at radius 3 is 2.88 bits per heavy atom. The van der Waals surface area contributed by atoms with Gasteiger partial charge < -0.3 is 20.7 Å². The minimum absolute atomic E-state index is 0.349. The van der Waals surface area contributed by atoms with Gasteiger partial charge >= 0.3 is 6.09 Å². The zero-order valence-corrected chi connectivity index (χ0v) is 15.4. The van der Waals surface area contributed by atoms with E-state index in [1.165, 1.54) is 0 Å². The molecule has 1 rings (SSSR count). The molecule has 1 amide bonds. The molecule has 0 saturated heterocycles. The SMILES string of the molecule is C=CCNC(N)=NCCCN(Cc1cccnc1)C(=O)OC(C)(C)C. The molecule has 0 aliphatic carbocycles. The fourth-order valence-corrected chi connectivity index (χ4v) is 1.97. The number of ether oxygens (including phenoxy) is 1. The average molecular weight is 347 g/mol. The highest BCUT2D eigenvalue weighted by atomic mass is 16.6. The Bertz CT molecular complexity index is 567. The van der Waals surface area contributed by atoms with Gasteiger partial charge in [-0.25, -0.2) is 4.79 Å². The molecular weight excluding hydrogens is 318 g/mol. The number of hydrogen-bond donors (Lipinski definition) is 2. The number of nitrogens with zero attached hydrogens (tertiary/aromatic N) is 3. The van der Waals surface area contributed by atoms with E-state index in [4.69, 9.17) is 10.5 Å². The number of rotatable bonds is 8. The molecule has 1 heterocycles. The Kier molecular flexibility index (Phi) is 8.46. The first-order valence-electron chi connectivity index (χ1n) is 8.33. The van der Waals surface area contributed by atoms with Crippen molar-refractivity contribution in [1.29, 1.82) is 0 Å². The predicted molar refractivity (Wildman–Crippen MR) is 100 cm³/mol. The molecule has 25 heavy (non-hydrogen) atoms. The summed E-state index contributed by atoms with van der Waals surface area (Å²) in [6.45, 7) is 11.2. The van der Waals surface area contributed by atoms with Gasteiger partial charge in [0.2, 0.25) is 0 Å². The van der Waals surface area contributed by atoms with Crippen LogP contribution in [0.25, 0.3) is 0 Å². The fourth-order valence-electron chi connectivity index (χ4n) is 1.97. The summed E-state index contributed by atoms with van der Waals surface area (Å²) in [5.74, 6) is 0.371. The lowest BCUT2D eigenvalue weighted by Crippen LogP contribution is -2.37. The van der Waals surface area contributed by atoms with Crippen LogP contribution < -0.4 is 11.1 Å². The Labute approximate surface area is 150 Å². The number of pyridine rings is 1. The summed E-state index contributed by atoms with van der Waals surface area (Å²) in [7, 11) is 0. The molecular formula is C18H29N5O2. The van der Waals surface area contributed by atoms with E-state index in [9.17, 15) is 4.79 Å². The maximum atomic E-state index is 12.4. The third-order valence-electron chi connectivity index (χ3n) is 3.04. The van der Waals surface area contributed by atoms with E-state index in [-0.39, 0.29) is 6.09 Å². The van der Waals surface area contributed by atoms with E-state index < -0.39 is 5.60 Å². The second-order valence-electron chi connectivity index (χ2n) is 6.55. The molecule has 0 radical (unpaired) electrons. The molecule has 0 aromatic carbocycles. The summed E-state index contributed by atoms with van der Waals surface area (Å²) in [5.41, 5.74) is 6.13. The summed E-state index contributed by atoms with van der Waals surface area (Å²) in [5, 5.41) is 2.91. The van der Waals surface area contributed by atoms with E-state index in [2.05, 4.69) is 21.9 Å². The van der Waals surface area contributed by atoms with Crippen molar-refractivity contribution in [3.05, 3.63) is 42.7 Å². The van der Waals surface area contributed by atoms with Gasteiger partial charge in [0.15, 0.2) is 5.96 Å². The molecule has 0 spiro atoms. The topological polar surface area (TPSA) is 92.8 Å². The highest BCUT2D eigenvalue weighted by Crippen LogP contribution is 2.12. The van der Waals surface area contributed by atoms with Gasteiger partial charge in [0.1, 0.15) is 5.60 Å². The van der Waals surface area contributed by atoms with Crippen LogP contribution >= 0.6 is 0 Å².